The Balaban J connectivity index is 1.86. The summed E-state index contributed by atoms with van der Waals surface area (Å²) < 4.78 is 10.8. The Morgan fingerprint density at radius 3 is 2.66 bits per heavy atom. The maximum absolute atomic E-state index is 13.0. The van der Waals surface area contributed by atoms with Gasteiger partial charge in [0.2, 0.25) is 5.88 Å². The molecule has 3 rings (SSSR count). The van der Waals surface area contributed by atoms with Crippen LogP contribution < -0.4 is 15.4 Å². The van der Waals surface area contributed by atoms with Gasteiger partial charge in [0.1, 0.15) is 11.9 Å². The number of esters is 1. The van der Waals surface area contributed by atoms with Crippen molar-refractivity contribution in [2.24, 2.45) is 11.8 Å². The normalized spacial score (nSPS) is 29.6. The molecule has 1 fully saturated rings. The lowest BCUT2D eigenvalue weighted by molar-refractivity contribution is -0.144. The molecule has 0 radical (unpaired) electrons. The monoisotopic (exact) mass is 401 g/mol. The topological polar surface area (TPSA) is 89.6 Å². The van der Waals surface area contributed by atoms with Gasteiger partial charge >= 0.3 is 5.97 Å². The second-order valence-corrected chi connectivity index (χ2v) is 8.08. The van der Waals surface area contributed by atoms with Gasteiger partial charge in [0.05, 0.1) is 19.1 Å². The number of anilines is 1. The third-order valence-electron chi connectivity index (χ3n) is 5.56. The molecule has 158 valence electrons. The van der Waals surface area contributed by atoms with E-state index in [0.29, 0.717) is 29.6 Å². The molecular formula is C22H31N3O4. The van der Waals surface area contributed by atoms with Crippen molar-refractivity contribution in [3.63, 3.8) is 0 Å². The van der Waals surface area contributed by atoms with E-state index in [9.17, 15) is 9.59 Å². The quantitative estimate of drug-likeness (QED) is 0.584. The van der Waals surface area contributed by atoms with Crippen LogP contribution in [0.4, 0.5) is 5.82 Å². The minimum atomic E-state index is -0.295. The van der Waals surface area contributed by atoms with E-state index in [-0.39, 0.29) is 29.9 Å². The molecule has 4 unspecified atom stereocenters. The van der Waals surface area contributed by atoms with Crippen LogP contribution in [0.3, 0.4) is 0 Å². The van der Waals surface area contributed by atoms with Crippen molar-refractivity contribution in [2.75, 3.05) is 19.0 Å². The molecule has 0 aliphatic carbocycles. The minimum Gasteiger partial charge on any atom is -0.481 e. The van der Waals surface area contributed by atoms with E-state index in [2.05, 4.69) is 34.7 Å². The standard InChI is InChI=1S/C22H31N3O4/c1-14-8-6-4-5-7-9-23-19-12-16(13-20(25-19)28-3)21(26)24-17(10-14)18-11-15(2)22(27)29-18/h4-5,12-15,17-18H,6-11H2,1-3H3,(H,23,25)(H,24,26)/b5-4+. The molecule has 1 aromatic heterocycles. The van der Waals surface area contributed by atoms with Crippen LogP contribution in [0.2, 0.25) is 0 Å². The number of rotatable bonds is 2. The van der Waals surface area contributed by atoms with Crippen molar-refractivity contribution in [1.29, 1.82) is 0 Å². The number of nitrogens with one attached hydrogen (secondary N) is 2. The van der Waals surface area contributed by atoms with Crippen LogP contribution in [0, 0.1) is 11.8 Å². The maximum Gasteiger partial charge on any atom is 0.309 e. The number of hydrogen-bond acceptors (Lipinski definition) is 6. The van der Waals surface area contributed by atoms with Gasteiger partial charge < -0.3 is 20.1 Å². The molecule has 2 bridgehead atoms. The van der Waals surface area contributed by atoms with Crippen LogP contribution in [0.1, 0.15) is 56.3 Å². The van der Waals surface area contributed by atoms with E-state index in [1.165, 1.54) is 7.11 Å². The van der Waals surface area contributed by atoms with E-state index in [1.807, 2.05) is 6.92 Å². The zero-order chi connectivity index (χ0) is 20.8. The first kappa shape index (κ1) is 21.1. The molecule has 0 spiro atoms. The zero-order valence-electron chi connectivity index (χ0n) is 17.4. The molecule has 1 amide bonds. The van der Waals surface area contributed by atoms with Gasteiger partial charge in [-0.2, -0.15) is 4.98 Å². The number of carbonyl (C=O) groups is 2. The number of aromatic nitrogens is 1. The lowest BCUT2D eigenvalue weighted by Crippen LogP contribution is -2.44. The molecule has 0 saturated carbocycles. The summed E-state index contributed by atoms with van der Waals surface area (Å²) in [6.07, 6.45) is 8.36. The molecule has 3 heterocycles. The summed E-state index contributed by atoms with van der Waals surface area (Å²) in [4.78, 5) is 29.4. The lowest BCUT2D eigenvalue weighted by Gasteiger charge is -2.26. The second kappa shape index (κ2) is 9.76. The highest BCUT2D eigenvalue weighted by Crippen LogP contribution is 2.27. The third-order valence-corrected chi connectivity index (χ3v) is 5.56. The smallest absolute Gasteiger partial charge is 0.309 e. The number of methoxy groups -OCH3 is 1. The third kappa shape index (κ3) is 5.71. The molecule has 29 heavy (non-hydrogen) atoms. The highest BCUT2D eigenvalue weighted by molar-refractivity contribution is 5.95. The van der Waals surface area contributed by atoms with Gasteiger partial charge in [-0.3, -0.25) is 9.59 Å². The summed E-state index contributed by atoms with van der Waals surface area (Å²) >= 11 is 0. The van der Waals surface area contributed by atoms with E-state index < -0.39 is 0 Å². The minimum absolute atomic E-state index is 0.136. The Labute approximate surface area is 172 Å². The highest BCUT2D eigenvalue weighted by atomic mass is 16.6. The predicted molar refractivity (Wildman–Crippen MR) is 111 cm³/mol. The van der Waals surface area contributed by atoms with Crippen LogP contribution >= 0.6 is 0 Å². The summed E-state index contributed by atoms with van der Waals surface area (Å²) in [5.41, 5.74) is 0.472. The van der Waals surface area contributed by atoms with Crippen LogP contribution in [-0.4, -0.2) is 42.7 Å². The Kier molecular flexibility index (Phi) is 7.12. The van der Waals surface area contributed by atoms with Crippen molar-refractivity contribution < 1.29 is 19.1 Å². The fourth-order valence-electron chi connectivity index (χ4n) is 3.84. The van der Waals surface area contributed by atoms with Crippen molar-refractivity contribution >= 4 is 17.7 Å². The first-order chi connectivity index (χ1) is 14.0. The molecule has 7 heteroatoms. The first-order valence-corrected chi connectivity index (χ1v) is 10.4. The molecule has 7 nitrogen and oxygen atoms in total. The average molecular weight is 402 g/mol. The molecule has 0 aromatic carbocycles. The maximum atomic E-state index is 13.0. The summed E-state index contributed by atoms with van der Waals surface area (Å²) in [5.74, 6) is 0.839. The van der Waals surface area contributed by atoms with Gasteiger partial charge in [0.25, 0.3) is 5.91 Å². The number of nitrogens with zero attached hydrogens (tertiary/aromatic N) is 1. The highest BCUT2D eigenvalue weighted by Gasteiger charge is 2.37. The van der Waals surface area contributed by atoms with Crippen molar-refractivity contribution in [3.05, 3.63) is 29.8 Å². The van der Waals surface area contributed by atoms with Gasteiger partial charge in [0, 0.05) is 18.2 Å². The number of cyclic esters (lactones) is 1. The molecule has 2 N–H and O–H groups in total. The molecule has 1 aromatic rings. The van der Waals surface area contributed by atoms with Crippen molar-refractivity contribution in [2.45, 2.75) is 58.1 Å². The largest absolute Gasteiger partial charge is 0.481 e. The van der Waals surface area contributed by atoms with Crippen LogP contribution in [-0.2, 0) is 9.53 Å². The number of hydrogen-bond donors (Lipinski definition) is 2. The van der Waals surface area contributed by atoms with Crippen LogP contribution in [0.5, 0.6) is 5.88 Å². The summed E-state index contributed by atoms with van der Waals surface area (Å²) in [7, 11) is 1.53. The van der Waals surface area contributed by atoms with Crippen LogP contribution in [0.25, 0.3) is 0 Å². The Morgan fingerprint density at radius 2 is 1.93 bits per heavy atom. The SMILES string of the molecule is COc1cc2cc(n1)NCC/C=C/CCC(C)CC(C1CC(C)C(=O)O1)NC2=O. The van der Waals surface area contributed by atoms with Gasteiger partial charge in [-0.15, -0.1) is 0 Å². The summed E-state index contributed by atoms with van der Waals surface area (Å²) in [6.45, 7) is 4.78. The lowest BCUT2D eigenvalue weighted by atomic mass is 9.91. The van der Waals surface area contributed by atoms with Gasteiger partial charge in [-0.25, -0.2) is 0 Å². The van der Waals surface area contributed by atoms with E-state index in [1.54, 1.807) is 12.1 Å². The van der Waals surface area contributed by atoms with Crippen LogP contribution in [0.15, 0.2) is 24.3 Å². The van der Waals surface area contributed by atoms with E-state index >= 15 is 0 Å². The number of allylic oxidation sites excluding steroid dienone is 1. The van der Waals surface area contributed by atoms with Gasteiger partial charge in [0.15, 0.2) is 0 Å². The summed E-state index contributed by atoms with van der Waals surface area (Å²) in [5, 5.41) is 6.36. The number of fused-ring (bicyclic) bond motifs is 2. The number of ether oxygens (including phenoxy) is 2. The van der Waals surface area contributed by atoms with Gasteiger partial charge in [-0.1, -0.05) is 26.0 Å². The second-order valence-electron chi connectivity index (χ2n) is 8.08. The van der Waals surface area contributed by atoms with Gasteiger partial charge in [-0.05, 0) is 44.1 Å². The fraction of sp³-hybridized carbons (Fsp3) is 0.591. The molecule has 2 aliphatic heterocycles. The Hall–Kier alpha value is -2.57. The fourth-order valence-corrected chi connectivity index (χ4v) is 3.84. The Bertz CT molecular complexity index is 764. The summed E-state index contributed by atoms with van der Waals surface area (Å²) in [6, 6.07) is 3.13. The molecule has 1 saturated heterocycles. The number of pyridine rings is 1. The average Bonchev–Trinajstić information content (AvgIpc) is 3.04. The van der Waals surface area contributed by atoms with E-state index in [0.717, 1.165) is 32.2 Å². The molecular weight excluding hydrogens is 370 g/mol. The molecule has 2 aliphatic rings. The number of amides is 1. The first-order valence-electron chi connectivity index (χ1n) is 10.4. The predicted octanol–water partition coefficient (Wildman–Crippen LogP) is 3.32. The Morgan fingerprint density at radius 1 is 1.14 bits per heavy atom. The van der Waals surface area contributed by atoms with Crippen molar-refractivity contribution in [1.82, 2.24) is 10.3 Å². The van der Waals surface area contributed by atoms with Crippen molar-refractivity contribution in [3.8, 4) is 5.88 Å². The number of carbonyl (C=O) groups excluding carboxylic acids is 2. The molecule has 4 atom stereocenters. The van der Waals surface area contributed by atoms with E-state index in [4.69, 9.17) is 9.47 Å². The zero-order valence-corrected chi connectivity index (χ0v) is 17.4.